The Morgan fingerprint density at radius 2 is 2.29 bits per heavy atom. The standard InChI is InChI=1S/C11H10ClN5/c1-2-17-5-7(4-15-17)8-3-9-10(16-8)11(12)14-6-13-9/h3-6,16H,2H2,1H3. The maximum atomic E-state index is 5.99. The molecule has 0 saturated carbocycles. The monoisotopic (exact) mass is 247 g/mol. The number of aromatic amines is 1. The number of H-pyrrole nitrogens is 1. The molecule has 6 heteroatoms. The molecule has 0 unspecified atom stereocenters. The van der Waals surface area contributed by atoms with Gasteiger partial charge in [-0.15, -0.1) is 0 Å². The van der Waals surface area contributed by atoms with Crippen LogP contribution in [0.1, 0.15) is 6.92 Å². The first-order chi connectivity index (χ1) is 8.28. The quantitative estimate of drug-likeness (QED) is 0.708. The summed E-state index contributed by atoms with van der Waals surface area (Å²) in [6.45, 7) is 2.89. The lowest BCUT2D eigenvalue weighted by Crippen LogP contribution is -1.91. The molecule has 0 amide bonds. The highest BCUT2D eigenvalue weighted by Gasteiger charge is 2.08. The van der Waals surface area contributed by atoms with E-state index >= 15 is 0 Å². The maximum Gasteiger partial charge on any atom is 0.156 e. The Bertz CT molecular complexity index is 669. The lowest BCUT2D eigenvalue weighted by Gasteiger charge is -1.92. The van der Waals surface area contributed by atoms with Gasteiger partial charge in [0.25, 0.3) is 0 Å². The van der Waals surface area contributed by atoms with Gasteiger partial charge in [-0.25, -0.2) is 9.97 Å². The van der Waals surface area contributed by atoms with E-state index in [-0.39, 0.29) is 0 Å². The van der Waals surface area contributed by atoms with Gasteiger partial charge in [-0.1, -0.05) is 11.6 Å². The second kappa shape index (κ2) is 3.85. The highest BCUT2D eigenvalue weighted by Crippen LogP contribution is 2.25. The molecule has 5 nitrogen and oxygen atoms in total. The van der Waals surface area contributed by atoms with E-state index in [1.807, 2.05) is 30.1 Å². The first kappa shape index (κ1) is 10.3. The first-order valence-electron chi connectivity index (χ1n) is 5.30. The van der Waals surface area contributed by atoms with Gasteiger partial charge in [-0.2, -0.15) is 5.10 Å². The zero-order valence-corrected chi connectivity index (χ0v) is 9.94. The maximum absolute atomic E-state index is 5.99. The highest BCUT2D eigenvalue weighted by atomic mass is 35.5. The number of hydrogen-bond acceptors (Lipinski definition) is 3. The summed E-state index contributed by atoms with van der Waals surface area (Å²) in [6, 6.07) is 1.94. The Morgan fingerprint density at radius 1 is 1.41 bits per heavy atom. The van der Waals surface area contributed by atoms with Crippen molar-refractivity contribution in [3.05, 3.63) is 29.9 Å². The molecule has 3 aromatic heterocycles. The normalized spacial score (nSPS) is 11.2. The number of halogens is 1. The molecule has 17 heavy (non-hydrogen) atoms. The van der Waals surface area contributed by atoms with E-state index in [4.69, 9.17) is 11.6 Å². The SMILES string of the molecule is CCn1cc(-c2cc3ncnc(Cl)c3[nH]2)cn1. The summed E-state index contributed by atoms with van der Waals surface area (Å²) in [6.07, 6.45) is 5.25. The fourth-order valence-corrected chi connectivity index (χ4v) is 1.93. The molecule has 86 valence electrons. The zero-order chi connectivity index (χ0) is 11.8. The molecule has 0 aliphatic carbocycles. The number of rotatable bonds is 2. The van der Waals surface area contributed by atoms with E-state index < -0.39 is 0 Å². The second-order valence-electron chi connectivity index (χ2n) is 3.69. The lowest BCUT2D eigenvalue weighted by atomic mass is 10.2. The van der Waals surface area contributed by atoms with Crippen molar-refractivity contribution in [3.8, 4) is 11.3 Å². The number of aromatic nitrogens is 5. The van der Waals surface area contributed by atoms with Crippen LogP contribution in [0.5, 0.6) is 0 Å². The molecule has 3 heterocycles. The number of fused-ring (bicyclic) bond motifs is 1. The van der Waals surface area contributed by atoms with Crippen LogP contribution in [0.15, 0.2) is 24.8 Å². The summed E-state index contributed by atoms with van der Waals surface area (Å²) in [4.78, 5) is 11.3. The third kappa shape index (κ3) is 1.68. The summed E-state index contributed by atoms with van der Waals surface area (Å²) in [5, 5.41) is 4.67. The van der Waals surface area contributed by atoms with Gasteiger partial charge in [0.1, 0.15) is 11.8 Å². The van der Waals surface area contributed by atoms with Gasteiger partial charge in [-0.05, 0) is 13.0 Å². The van der Waals surface area contributed by atoms with Crippen LogP contribution in [0.4, 0.5) is 0 Å². The van der Waals surface area contributed by atoms with Gasteiger partial charge in [0.2, 0.25) is 0 Å². The largest absolute Gasteiger partial charge is 0.351 e. The molecule has 0 aliphatic rings. The lowest BCUT2D eigenvalue weighted by molar-refractivity contribution is 0.660. The van der Waals surface area contributed by atoms with Gasteiger partial charge in [0.05, 0.1) is 17.4 Å². The minimum atomic E-state index is 0.434. The van der Waals surface area contributed by atoms with Gasteiger partial charge >= 0.3 is 0 Å². The van der Waals surface area contributed by atoms with Crippen molar-refractivity contribution in [1.82, 2.24) is 24.7 Å². The molecule has 0 aliphatic heterocycles. The smallest absolute Gasteiger partial charge is 0.156 e. The molecule has 0 radical (unpaired) electrons. The van der Waals surface area contributed by atoms with Crippen LogP contribution in [-0.2, 0) is 6.54 Å². The predicted molar refractivity (Wildman–Crippen MR) is 65.8 cm³/mol. The molecule has 0 spiro atoms. The molecule has 0 bridgehead atoms. The number of nitrogens with one attached hydrogen (secondary N) is 1. The zero-order valence-electron chi connectivity index (χ0n) is 9.18. The Balaban J connectivity index is 2.14. The van der Waals surface area contributed by atoms with Crippen LogP contribution >= 0.6 is 11.6 Å². The van der Waals surface area contributed by atoms with E-state index in [2.05, 4.69) is 20.1 Å². The van der Waals surface area contributed by atoms with Crippen molar-refractivity contribution in [2.45, 2.75) is 13.5 Å². The van der Waals surface area contributed by atoms with Gasteiger partial charge < -0.3 is 4.98 Å². The number of hydrogen-bond donors (Lipinski definition) is 1. The summed E-state index contributed by atoms with van der Waals surface area (Å²) < 4.78 is 1.87. The fraction of sp³-hybridized carbons (Fsp3) is 0.182. The molecule has 0 fully saturated rings. The molecule has 0 saturated heterocycles. The number of nitrogens with zero attached hydrogens (tertiary/aromatic N) is 4. The fourth-order valence-electron chi connectivity index (χ4n) is 1.74. The minimum Gasteiger partial charge on any atom is -0.351 e. The third-order valence-corrected chi connectivity index (χ3v) is 2.93. The van der Waals surface area contributed by atoms with Crippen molar-refractivity contribution >= 4 is 22.6 Å². The van der Waals surface area contributed by atoms with Crippen LogP contribution in [0.2, 0.25) is 5.15 Å². The van der Waals surface area contributed by atoms with Crippen molar-refractivity contribution < 1.29 is 0 Å². The Hall–Kier alpha value is -1.88. The Labute approximate surface area is 102 Å². The molecular formula is C11H10ClN5. The average molecular weight is 248 g/mol. The first-order valence-corrected chi connectivity index (χ1v) is 5.67. The van der Waals surface area contributed by atoms with Crippen LogP contribution in [0.25, 0.3) is 22.3 Å². The van der Waals surface area contributed by atoms with Crippen molar-refractivity contribution in [2.75, 3.05) is 0 Å². The highest BCUT2D eigenvalue weighted by molar-refractivity contribution is 6.33. The average Bonchev–Trinajstić information content (AvgIpc) is 2.95. The molecule has 3 aromatic rings. The van der Waals surface area contributed by atoms with E-state index in [1.54, 1.807) is 0 Å². The van der Waals surface area contributed by atoms with E-state index in [0.29, 0.717) is 5.15 Å². The third-order valence-electron chi connectivity index (χ3n) is 2.64. The predicted octanol–water partition coefficient (Wildman–Crippen LogP) is 2.49. The summed E-state index contributed by atoms with van der Waals surface area (Å²) in [5.41, 5.74) is 3.53. The van der Waals surface area contributed by atoms with E-state index in [1.165, 1.54) is 6.33 Å². The van der Waals surface area contributed by atoms with Gasteiger partial charge in [0, 0.05) is 18.3 Å². The summed E-state index contributed by atoms with van der Waals surface area (Å²) in [5.74, 6) is 0. The van der Waals surface area contributed by atoms with Crippen LogP contribution < -0.4 is 0 Å². The van der Waals surface area contributed by atoms with Crippen LogP contribution in [0.3, 0.4) is 0 Å². The van der Waals surface area contributed by atoms with Crippen molar-refractivity contribution in [2.24, 2.45) is 0 Å². The molecule has 3 rings (SSSR count). The van der Waals surface area contributed by atoms with Crippen LogP contribution in [0, 0.1) is 0 Å². The van der Waals surface area contributed by atoms with Gasteiger partial charge in [-0.3, -0.25) is 4.68 Å². The van der Waals surface area contributed by atoms with E-state index in [0.717, 1.165) is 28.8 Å². The van der Waals surface area contributed by atoms with Gasteiger partial charge in [0.15, 0.2) is 5.15 Å². The minimum absolute atomic E-state index is 0.434. The number of aryl methyl sites for hydroxylation is 1. The van der Waals surface area contributed by atoms with Crippen molar-refractivity contribution in [3.63, 3.8) is 0 Å². The molecule has 1 N–H and O–H groups in total. The molecule has 0 atom stereocenters. The Morgan fingerprint density at radius 3 is 3.00 bits per heavy atom. The topological polar surface area (TPSA) is 59.4 Å². The van der Waals surface area contributed by atoms with Crippen molar-refractivity contribution in [1.29, 1.82) is 0 Å². The summed E-state index contributed by atoms with van der Waals surface area (Å²) in [7, 11) is 0. The second-order valence-corrected chi connectivity index (χ2v) is 4.05. The van der Waals surface area contributed by atoms with Crippen LogP contribution in [-0.4, -0.2) is 24.7 Å². The summed E-state index contributed by atoms with van der Waals surface area (Å²) >= 11 is 5.99. The molecular weight excluding hydrogens is 238 g/mol. The molecule has 0 aromatic carbocycles. The van der Waals surface area contributed by atoms with E-state index in [9.17, 15) is 0 Å². The Kier molecular flexibility index (Phi) is 2.33.